The molecular formula is C13H16ClNO4S. The predicted octanol–water partition coefficient (Wildman–Crippen LogP) is -1.33. The van der Waals surface area contributed by atoms with Crippen LogP contribution in [-0.2, 0) is 6.54 Å². The Balaban J connectivity index is 0.000000347. The molecule has 0 atom stereocenters. The van der Waals surface area contributed by atoms with Crippen LogP contribution in [0.2, 0.25) is 0 Å². The maximum absolute atomic E-state index is 8.49. The van der Waals surface area contributed by atoms with Gasteiger partial charge in [-0.25, -0.2) is 18.6 Å². The molecular weight excluding hydrogens is 302 g/mol. The Morgan fingerprint density at radius 2 is 1.65 bits per heavy atom. The molecule has 1 heterocycles. The zero-order valence-electron chi connectivity index (χ0n) is 11.2. The van der Waals surface area contributed by atoms with E-state index in [-0.39, 0.29) is 0 Å². The molecule has 110 valence electrons. The fourth-order valence-electron chi connectivity index (χ4n) is 1.71. The predicted molar refractivity (Wildman–Crippen MR) is 65.0 cm³/mol. The highest BCUT2D eigenvalue weighted by Crippen LogP contribution is 2.24. The van der Waals surface area contributed by atoms with Gasteiger partial charge in [0.25, 0.3) is 0 Å². The van der Waals surface area contributed by atoms with Crippen molar-refractivity contribution < 1.29 is 32.8 Å². The molecule has 1 aromatic heterocycles. The molecule has 0 bridgehead atoms. The maximum Gasteiger partial charge on any atom is 0.192 e. The molecule has 0 aliphatic heterocycles. The van der Waals surface area contributed by atoms with Gasteiger partial charge in [0, 0.05) is 6.42 Å². The molecule has 0 radical (unpaired) electrons. The molecule has 0 fully saturated rings. The molecule has 0 N–H and O–H groups in total. The van der Waals surface area contributed by atoms with E-state index < -0.39 is 10.2 Å². The normalized spacial score (nSPS) is 10.9. The zero-order valence-corrected chi connectivity index (χ0v) is 12.8. The highest BCUT2D eigenvalue weighted by molar-refractivity contribution is 7.02. The third-order valence-corrected chi connectivity index (χ3v) is 3.45. The van der Waals surface area contributed by atoms with Crippen LogP contribution in [0.15, 0.2) is 36.5 Å². The molecule has 0 spiro atoms. The average molecular weight is 318 g/mol. The summed E-state index contributed by atoms with van der Waals surface area (Å²) in [7, 11) is -4.94. The summed E-state index contributed by atoms with van der Waals surface area (Å²) in [5.74, 6) is 0. The standard InChI is InChI=1S/C13H16NS.ClHO4/c1-3-9-14-10-13(11(2)15-14)12-7-5-4-6-8-12;2-1(3,4)5/h4-8,10H,3,9H2,1-2H3;(H,2,3,4,5)/q+1;/p-1. The number of rotatable bonds is 3. The quantitative estimate of drug-likeness (QED) is 0.655. The van der Waals surface area contributed by atoms with Gasteiger partial charge >= 0.3 is 0 Å². The van der Waals surface area contributed by atoms with Crippen molar-refractivity contribution in [2.75, 3.05) is 0 Å². The van der Waals surface area contributed by atoms with Crippen LogP contribution in [0.25, 0.3) is 11.1 Å². The van der Waals surface area contributed by atoms with Gasteiger partial charge in [0.15, 0.2) is 12.7 Å². The molecule has 0 saturated heterocycles. The van der Waals surface area contributed by atoms with Crippen LogP contribution >= 0.6 is 11.5 Å². The second-order valence-corrected chi connectivity index (χ2v) is 6.09. The first-order valence-corrected chi connectivity index (χ1v) is 7.99. The first-order chi connectivity index (χ1) is 9.31. The lowest BCUT2D eigenvalue weighted by Crippen LogP contribution is -2.68. The first-order valence-electron chi connectivity index (χ1n) is 5.98. The van der Waals surface area contributed by atoms with E-state index in [9.17, 15) is 0 Å². The molecule has 2 aromatic rings. The van der Waals surface area contributed by atoms with Crippen molar-refractivity contribution in [1.82, 2.24) is 0 Å². The minimum atomic E-state index is -4.94. The largest absolute Gasteiger partial charge is 0.222 e. The summed E-state index contributed by atoms with van der Waals surface area (Å²) in [6.07, 6.45) is 3.46. The minimum Gasteiger partial charge on any atom is -0.222 e. The van der Waals surface area contributed by atoms with Crippen molar-refractivity contribution in [2.45, 2.75) is 26.8 Å². The highest BCUT2D eigenvalue weighted by atomic mass is 35.7. The van der Waals surface area contributed by atoms with Crippen LogP contribution in [-0.4, -0.2) is 0 Å². The van der Waals surface area contributed by atoms with E-state index in [0.717, 1.165) is 6.54 Å². The maximum atomic E-state index is 8.49. The summed E-state index contributed by atoms with van der Waals surface area (Å²) in [6.45, 7) is 5.53. The lowest BCUT2D eigenvalue weighted by atomic mass is 10.1. The van der Waals surface area contributed by atoms with Gasteiger partial charge < -0.3 is 0 Å². The van der Waals surface area contributed by atoms with Crippen LogP contribution in [0, 0.1) is 17.2 Å². The fraction of sp³-hybridized carbons (Fsp3) is 0.308. The number of benzene rings is 1. The van der Waals surface area contributed by atoms with Crippen LogP contribution in [0.3, 0.4) is 0 Å². The molecule has 0 saturated carbocycles. The van der Waals surface area contributed by atoms with E-state index in [2.05, 4.69) is 54.3 Å². The molecule has 2 rings (SSSR count). The number of halogens is 1. The molecule has 0 unspecified atom stereocenters. The lowest BCUT2D eigenvalue weighted by Gasteiger charge is -2.17. The Hall–Kier alpha value is -1.02. The summed E-state index contributed by atoms with van der Waals surface area (Å²) in [5, 5.41) is 0. The van der Waals surface area contributed by atoms with Crippen molar-refractivity contribution in [1.29, 1.82) is 0 Å². The zero-order chi connectivity index (χ0) is 15.2. The summed E-state index contributed by atoms with van der Waals surface area (Å²) in [5.41, 5.74) is 2.69. The minimum absolute atomic E-state index is 1.12. The number of hydrogen-bond donors (Lipinski definition) is 0. The van der Waals surface area contributed by atoms with E-state index in [4.69, 9.17) is 18.6 Å². The number of hydrogen-bond acceptors (Lipinski definition) is 5. The Kier molecular flexibility index (Phi) is 6.54. The Bertz CT molecular complexity index is 519. The molecule has 0 aliphatic carbocycles. The Morgan fingerprint density at radius 1 is 1.10 bits per heavy atom. The SMILES string of the molecule is CCC[n+]1cc(-c2ccccc2)c(C)s1.[O-][Cl+3]([O-])([O-])[O-]. The van der Waals surface area contributed by atoms with E-state index in [1.807, 2.05) is 11.5 Å². The van der Waals surface area contributed by atoms with Crippen molar-refractivity contribution in [3.8, 4) is 11.1 Å². The van der Waals surface area contributed by atoms with E-state index in [0.29, 0.717) is 0 Å². The number of aryl methyl sites for hydroxylation is 2. The van der Waals surface area contributed by atoms with Gasteiger partial charge in [0.2, 0.25) is 0 Å². The van der Waals surface area contributed by atoms with Crippen LogP contribution < -0.4 is 22.6 Å². The van der Waals surface area contributed by atoms with Crippen LogP contribution in [0.1, 0.15) is 18.2 Å². The number of nitrogens with zero attached hydrogens (tertiary/aromatic N) is 1. The van der Waals surface area contributed by atoms with Gasteiger partial charge in [-0.3, -0.25) is 0 Å². The van der Waals surface area contributed by atoms with Crippen LogP contribution in [0.4, 0.5) is 0 Å². The van der Waals surface area contributed by atoms with Crippen molar-refractivity contribution >= 4 is 11.5 Å². The van der Waals surface area contributed by atoms with Gasteiger partial charge in [0.05, 0.1) is 10.4 Å². The highest BCUT2D eigenvalue weighted by Gasteiger charge is 2.13. The third-order valence-electron chi connectivity index (χ3n) is 2.44. The van der Waals surface area contributed by atoms with Crippen molar-refractivity contribution in [2.24, 2.45) is 0 Å². The summed E-state index contributed by atoms with van der Waals surface area (Å²) in [6, 6.07) is 10.6. The summed E-state index contributed by atoms with van der Waals surface area (Å²) in [4.78, 5) is 1.40. The number of aromatic nitrogens is 1. The second-order valence-electron chi connectivity index (χ2n) is 4.07. The van der Waals surface area contributed by atoms with E-state index >= 15 is 0 Å². The monoisotopic (exact) mass is 317 g/mol. The summed E-state index contributed by atoms with van der Waals surface area (Å²) < 4.78 is 36.3. The Labute approximate surface area is 124 Å². The first kappa shape index (κ1) is 17.0. The van der Waals surface area contributed by atoms with Crippen LogP contribution in [0.5, 0.6) is 0 Å². The molecule has 0 aliphatic rings. The average Bonchev–Trinajstić information content (AvgIpc) is 2.70. The molecule has 0 amide bonds. The van der Waals surface area contributed by atoms with Gasteiger partial charge in [-0.1, -0.05) is 37.3 Å². The fourth-order valence-corrected chi connectivity index (χ4v) is 2.77. The van der Waals surface area contributed by atoms with Gasteiger partial charge in [0.1, 0.15) is 11.5 Å². The third kappa shape index (κ3) is 6.42. The van der Waals surface area contributed by atoms with Gasteiger partial charge in [-0.15, -0.1) is 14.2 Å². The molecule has 1 aromatic carbocycles. The smallest absolute Gasteiger partial charge is 0.192 e. The Morgan fingerprint density at radius 3 is 2.15 bits per heavy atom. The summed E-state index contributed by atoms with van der Waals surface area (Å²) >= 11 is 1.85. The lowest BCUT2D eigenvalue weighted by molar-refractivity contribution is -2.00. The second kappa shape index (κ2) is 7.68. The van der Waals surface area contributed by atoms with Gasteiger partial charge in [-0.2, -0.15) is 0 Å². The van der Waals surface area contributed by atoms with Gasteiger partial charge in [-0.05, 0) is 12.5 Å². The van der Waals surface area contributed by atoms with E-state index in [1.54, 1.807) is 0 Å². The molecule has 20 heavy (non-hydrogen) atoms. The molecule has 5 nitrogen and oxygen atoms in total. The topological polar surface area (TPSA) is 96.1 Å². The van der Waals surface area contributed by atoms with Crippen molar-refractivity contribution in [3.63, 3.8) is 0 Å². The van der Waals surface area contributed by atoms with Crippen molar-refractivity contribution in [3.05, 3.63) is 41.4 Å². The van der Waals surface area contributed by atoms with E-state index in [1.165, 1.54) is 22.4 Å². The molecule has 7 heteroatoms.